The molecule has 0 amide bonds. The molecule has 44 heavy (non-hydrogen) atoms. The number of hydrogen-bond donors (Lipinski definition) is 1. The third-order valence-corrected chi connectivity index (χ3v) is 8.56. The molecule has 226 valence electrons. The summed E-state index contributed by atoms with van der Waals surface area (Å²) in [4.78, 5) is 30.7. The standard InChI is InChI=1S/C34H33ClN4O4S/c1-19-16-22(10-14-26(19)38(7)36-6)23-11-15-27(40)39(18-23)33-37-25-17-20(2)28(30(32(41)42)43-34(3,4)5)29(31(25)44-33)21-8-12-24(35)13-9-21/h8-18,30H,6H2,1-5,7H3,(H,41,42)/t30-/m0/s1. The lowest BCUT2D eigenvalue weighted by atomic mass is 9.91. The third kappa shape index (κ3) is 6.17. The number of ether oxygens (including phenoxy) is 1. The van der Waals surface area contributed by atoms with E-state index in [9.17, 15) is 14.7 Å². The van der Waals surface area contributed by atoms with Gasteiger partial charge in [0.1, 0.15) is 0 Å². The number of carboxylic acids is 1. The van der Waals surface area contributed by atoms with Crippen LogP contribution in [0.15, 0.2) is 76.8 Å². The normalized spacial score (nSPS) is 12.3. The third-order valence-electron chi connectivity index (χ3n) is 7.22. The van der Waals surface area contributed by atoms with Crippen LogP contribution in [0.1, 0.15) is 43.6 Å². The molecule has 2 aromatic heterocycles. The van der Waals surface area contributed by atoms with Crippen LogP contribution in [0.5, 0.6) is 0 Å². The van der Waals surface area contributed by atoms with Gasteiger partial charge in [-0.05, 0) is 98.8 Å². The van der Waals surface area contributed by atoms with Gasteiger partial charge >= 0.3 is 5.97 Å². The monoisotopic (exact) mass is 628 g/mol. The van der Waals surface area contributed by atoms with E-state index in [2.05, 4.69) is 11.8 Å². The van der Waals surface area contributed by atoms with Gasteiger partial charge in [-0.25, -0.2) is 9.78 Å². The van der Waals surface area contributed by atoms with E-state index in [1.807, 2.05) is 78.1 Å². The first kappa shape index (κ1) is 31.1. The molecular formula is C34H33ClN4O4S. The van der Waals surface area contributed by atoms with Crippen molar-refractivity contribution >= 4 is 51.5 Å². The Morgan fingerprint density at radius 1 is 1.05 bits per heavy atom. The zero-order valence-corrected chi connectivity index (χ0v) is 27.0. The molecule has 8 nitrogen and oxygen atoms in total. The molecule has 0 fully saturated rings. The fraction of sp³-hybridized carbons (Fsp3) is 0.235. The number of rotatable bonds is 8. The summed E-state index contributed by atoms with van der Waals surface area (Å²) in [5.74, 6) is -1.09. The highest BCUT2D eigenvalue weighted by Crippen LogP contribution is 2.43. The second-order valence-electron chi connectivity index (χ2n) is 11.6. The fourth-order valence-corrected chi connectivity index (χ4v) is 6.44. The van der Waals surface area contributed by atoms with Crippen LogP contribution in [0, 0.1) is 13.8 Å². The number of nitrogens with zero attached hydrogens (tertiary/aromatic N) is 4. The number of fused-ring (bicyclic) bond motifs is 1. The molecule has 0 bridgehead atoms. The molecule has 5 rings (SSSR count). The first-order chi connectivity index (χ1) is 20.8. The predicted octanol–water partition coefficient (Wildman–Crippen LogP) is 8.04. The van der Waals surface area contributed by atoms with Crippen molar-refractivity contribution in [2.75, 3.05) is 12.1 Å². The second-order valence-corrected chi connectivity index (χ2v) is 13.0. The minimum absolute atomic E-state index is 0.235. The summed E-state index contributed by atoms with van der Waals surface area (Å²) in [6.07, 6.45) is 0.547. The first-order valence-electron chi connectivity index (χ1n) is 13.9. The number of aromatic nitrogens is 2. The Morgan fingerprint density at radius 2 is 1.70 bits per heavy atom. The highest BCUT2D eigenvalue weighted by Gasteiger charge is 2.32. The maximum Gasteiger partial charge on any atom is 0.337 e. The Morgan fingerprint density at radius 3 is 2.32 bits per heavy atom. The maximum absolute atomic E-state index is 13.2. The van der Waals surface area contributed by atoms with Gasteiger partial charge in [0.25, 0.3) is 5.56 Å². The van der Waals surface area contributed by atoms with Gasteiger partial charge in [0, 0.05) is 42.2 Å². The zero-order valence-electron chi connectivity index (χ0n) is 25.4. The second kappa shape index (κ2) is 12.0. The highest BCUT2D eigenvalue weighted by atomic mass is 35.5. The van der Waals surface area contributed by atoms with Crippen molar-refractivity contribution in [3.8, 4) is 27.4 Å². The molecule has 0 aliphatic carbocycles. The summed E-state index contributed by atoms with van der Waals surface area (Å²) >= 11 is 7.54. The van der Waals surface area contributed by atoms with Crippen molar-refractivity contribution in [2.24, 2.45) is 5.10 Å². The van der Waals surface area contributed by atoms with Crippen molar-refractivity contribution < 1.29 is 14.6 Å². The van der Waals surface area contributed by atoms with Crippen molar-refractivity contribution in [1.29, 1.82) is 0 Å². The van der Waals surface area contributed by atoms with Gasteiger partial charge in [-0.3, -0.25) is 14.4 Å². The smallest absolute Gasteiger partial charge is 0.337 e. The highest BCUT2D eigenvalue weighted by molar-refractivity contribution is 7.21. The van der Waals surface area contributed by atoms with E-state index in [0.29, 0.717) is 32.4 Å². The number of anilines is 1. The molecule has 0 radical (unpaired) electrons. The largest absolute Gasteiger partial charge is 0.479 e. The summed E-state index contributed by atoms with van der Waals surface area (Å²) in [6.45, 7) is 12.9. The lowest BCUT2D eigenvalue weighted by molar-refractivity contribution is -0.160. The number of benzene rings is 3. The van der Waals surface area contributed by atoms with Crippen LogP contribution in [0.2, 0.25) is 5.02 Å². The molecule has 0 saturated carbocycles. The Kier molecular flexibility index (Phi) is 8.49. The number of hydrogen-bond acceptors (Lipinski definition) is 7. The van der Waals surface area contributed by atoms with Crippen LogP contribution in [0.3, 0.4) is 0 Å². The topological polar surface area (TPSA) is 97.0 Å². The molecule has 1 N–H and O–H groups in total. The molecule has 0 spiro atoms. The molecule has 0 unspecified atom stereocenters. The van der Waals surface area contributed by atoms with Crippen LogP contribution in [-0.4, -0.2) is 40.0 Å². The molecule has 0 aliphatic rings. The number of carboxylic acid groups (broad SMARTS) is 1. The molecule has 0 aliphatic heterocycles. The Hall–Kier alpha value is -4.31. The fourth-order valence-electron chi connectivity index (χ4n) is 5.21. The van der Waals surface area contributed by atoms with E-state index in [-0.39, 0.29) is 5.56 Å². The summed E-state index contributed by atoms with van der Waals surface area (Å²) < 4.78 is 8.38. The van der Waals surface area contributed by atoms with Crippen molar-refractivity contribution in [1.82, 2.24) is 9.55 Å². The van der Waals surface area contributed by atoms with Crippen molar-refractivity contribution in [2.45, 2.75) is 46.3 Å². The number of pyridine rings is 1. The first-order valence-corrected chi connectivity index (χ1v) is 15.1. The van der Waals surface area contributed by atoms with Gasteiger partial charge in [0.15, 0.2) is 11.2 Å². The van der Waals surface area contributed by atoms with Crippen LogP contribution >= 0.6 is 22.9 Å². The number of hydrazone groups is 1. The molecule has 2 heterocycles. The minimum atomic E-state index is -1.23. The quantitative estimate of drug-likeness (QED) is 0.138. The average Bonchev–Trinajstić information content (AvgIpc) is 3.38. The van der Waals surface area contributed by atoms with Crippen molar-refractivity contribution in [3.05, 3.63) is 98.9 Å². The Balaban J connectivity index is 1.72. The summed E-state index contributed by atoms with van der Waals surface area (Å²) in [7, 11) is 1.83. The number of halogens is 1. The summed E-state index contributed by atoms with van der Waals surface area (Å²) in [5.41, 5.74) is 6.11. The molecule has 5 aromatic rings. The van der Waals surface area contributed by atoms with Gasteiger partial charge in [-0.1, -0.05) is 41.1 Å². The lowest BCUT2D eigenvalue weighted by Gasteiger charge is -2.28. The van der Waals surface area contributed by atoms with E-state index < -0.39 is 17.7 Å². The van der Waals surface area contributed by atoms with E-state index >= 15 is 0 Å². The summed E-state index contributed by atoms with van der Waals surface area (Å²) in [6, 6.07) is 18.4. The van der Waals surface area contributed by atoms with Gasteiger partial charge in [0.2, 0.25) is 0 Å². The van der Waals surface area contributed by atoms with Crippen LogP contribution in [-0.2, 0) is 9.53 Å². The zero-order chi connectivity index (χ0) is 31.9. The van der Waals surface area contributed by atoms with Gasteiger partial charge in [0.05, 0.1) is 21.5 Å². The predicted molar refractivity (Wildman–Crippen MR) is 180 cm³/mol. The number of aryl methyl sites for hydroxylation is 2. The van der Waals surface area contributed by atoms with Gasteiger partial charge in [-0.15, -0.1) is 0 Å². The summed E-state index contributed by atoms with van der Waals surface area (Å²) in [5, 5.41) is 17.0. The van der Waals surface area contributed by atoms with Crippen molar-refractivity contribution in [3.63, 3.8) is 0 Å². The Bertz CT molecular complexity index is 1960. The minimum Gasteiger partial charge on any atom is -0.479 e. The van der Waals surface area contributed by atoms with E-state index in [4.69, 9.17) is 21.3 Å². The van der Waals surface area contributed by atoms with Gasteiger partial charge < -0.3 is 9.84 Å². The molecule has 1 atom stereocenters. The Labute approximate surface area is 264 Å². The van der Waals surface area contributed by atoms with E-state index in [0.717, 1.165) is 32.6 Å². The lowest BCUT2D eigenvalue weighted by Crippen LogP contribution is -2.28. The number of thiazole rings is 1. The molecule has 3 aromatic carbocycles. The van der Waals surface area contributed by atoms with Crippen LogP contribution in [0.4, 0.5) is 5.69 Å². The average molecular weight is 629 g/mol. The van der Waals surface area contributed by atoms with Crippen LogP contribution < -0.4 is 10.6 Å². The van der Waals surface area contributed by atoms with E-state index in [1.165, 1.54) is 22.0 Å². The molecule has 10 heteroatoms. The number of aliphatic carboxylic acids is 1. The number of carbonyl (C=O) groups is 1. The van der Waals surface area contributed by atoms with Crippen LogP contribution in [0.25, 0.3) is 37.6 Å². The maximum atomic E-state index is 13.2. The molecule has 0 saturated heterocycles. The SMILES string of the molecule is C=NN(C)c1ccc(-c2ccc(=O)n(-c3nc4cc(C)c([C@H](OC(C)(C)C)C(=O)O)c(-c5ccc(Cl)cc5)c4s3)c2)cc1C. The van der Waals surface area contributed by atoms with E-state index in [1.54, 1.807) is 29.4 Å². The molecular weight excluding hydrogens is 596 g/mol. The van der Waals surface area contributed by atoms with Gasteiger partial charge in [-0.2, -0.15) is 5.10 Å².